The predicted octanol–water partition coefficient (Wildman–Crippen LogP) is 5.35. The van der Waals surface area contributed by atoms with Gasteiger partial charge < -0.3 is 9.84 Å². The molecule has 0 amide bonds. The van der Waals surface area contributed by atoms with Crippen LogP contribution in [0.5, 0.6) is 0 Å². The van der Waals surface area contributed by atoms with E-state index in [0.29, 0.717) is 29.2 Å². The molecule has 2 aromatic rings. The average Bonchev–Trinajstić information content (AvgIpc) is 3.54. The SMILES string of the molecule is CCC(Nc1cc(Br)ccc1S(=O)(=O)NCc1noc(C2CC2)n1)C1CCCCCC1. The highest BCUT2D eigenvalue weighted by Gasteiger charge is 2.30. The van der Waals surface area contributed by atoms with Gasteiger partial charge in [-0.05, 0) is 56.2 Å². The summed E-state index contributed by atoms with van der Waals surface area (Å²) in [4.78, 5) is 4.55. The molecular weight excluding hydrogens is 480 g/mol. The van der Waals surface area contributed by atoms with Gasteiger partial charge in [-0.25, -0.2) is 13.1 Å². The van der Waals surface area contributed by atoms with Gasteiger partial charge in [-0.15, -0.1) is 0 Å². The van der Waals surface area contributed by atoms with Gasteiger partial charge in [-0.3, -0.25) is 0 Å². The number of rotatable bonds is 9. The Balaban J connectivity index is 1.49. The van der Waals surface area contributed by atoms with Gasteiger partial charge in [0, 0.05) is 16.4 Å². The Bertz CT molecular complexity index is 982. The Hall–Kier alpha value is -1.45. The quantitative estimate of drug-likeness (QED) is 0.441. The van der Waals surface area contributed by atoms with E-state index in [2.05, 4.69) is 43.0 Å². The van der Waals surface area contributed by atoms with Crippen LogP contribution in [0.4, 0.5) is 5.69 Å². The third-order valence-corrected chi connectivity index (χ3v) is 8.26. The Morgan fingerprint density at radius 1 is 1.16 bits per heavy atom. The van der Waals surface area contributed by atoms with Crippen molar-refractivity contribution in [3.63, 3.8) is 0 Å². The Morgan fingerprint density at radius 3 is 2.58 bits per heavy atom. The zero-order valence-corrected chi connectivity index (χ0v) is 20.3. The molecule has 0 saturated heterocycles. The van der Waals surface area contributed by atoms with Gasteiger partial charge in [0.1, 0.15) is 4.90 Å². The average molecular weight is 511 g/mol. The van der Waals surface area contributed by atoms with Crippen LogP contribution in [0.3, 0.4) is 0 Å². The predicted molar refractivity (Wildman–Crippen MR) is 123 cm³/mol. The summed E-state index contributed by atoms with van der Waals surface area (Å²) in [6, 6.07) is 5.50. The van der Waals surface area contributed by atoms with Crippen molar-refractivity contribution in [2.24, 2.45) is 5.92 Å². The highest BCUT2D eigenvalue weighted by molar-refractivity contribution is 9.10. The van der Waals surface area contributed by atoms with Crippen LogP contribution in [0.1, 0.15) is 82.3 Å². The van der Waals surface area contributed by atoms with Crippen LogP contribution in [0.2, 0.25) is 0 Å². The summed E-state index contributed by atoms with van der Waals surface area (Å²) in [7, 11) is -3.75. The fraction of sp³-hybridized carbons (Fsp3) is 0.636. The third-order valence-electron chi connectivity index (χ3n) is 6.31. The summed E-state index contributed by atoms with van der Waals surface area (Å²) < 4.78 is 35.0. The van der Waals surface area contributed by atoms with Crippen LogP contribution < -0.4 is 10.0 Å². The molecule has 1 unspecified atom stereocenters. The van der Waals surface area contributed by atoms with Crippen molar-refractivity contribution in [1.29, 1.82) is 0 Å². The molecule has 9 heteroatoms. The van der Waals surface area contributed by atoms with Gasteiger partial charge in [0.2, 0.25) is 15.9 Å². The van der Waals surface area contributed by atoms with Crippen LogP contribution >= 0.6 is 15.9 Å². The van der Waals surface area contributed by atoms with Crippen molar-refractivity contribution in [1.82, 2.24) is 14.9 Å². The fourth-order valence-corrected chi connectivity index (χ4v) is 5.88. The van der Waals surface area contributed by atoms with Crippen molar-refractivity contribution in [2.75, 3.05) is 5.32 Å². The molecule has 2 aliphatic carbocycles. The standard InChI is InChI=1S/C22H31BrN4O3S/c1-2-18(15-7-5-3-4-6-8-15)25-19-13-17(23)11-12-20(19)31(28,29)24-14-21-26-22(30-27-21)16-9-10-16/h11-13,15-16,18,24-25H,2-10,14H2,1H3. The second-order valence-electron chi connectivity index (χ2n) is 8.70. The Morgan fingerprint density at radius 2 is 1.90 bits per heavy atom. The Kier molecular flexibility index (Phi) is 7.33. The van der Waals surface area contributed by atoms with Gasteiger partial charge in [0.15, 0.2) is 5.82 Å². The van der Waals surface area contributed by atoms with Gasteiger partial charge >= 0.3 is 0 Å². The van der Waals surface area contributed by atoms with Crippen molar-refractivity contribution in [3.8, 4) is 0 Å². The number of nitrogens with zero attached hydrogens (tertiary/aromatic N) is 2. The van der Waals surface area contributed by atoms with Crippen LogP contribution in [0.25, 0.3) is 0 Å². The van der Waals surface area contributed by atoms with Crippen LogP contribution in [-0.4, -0.2) is 24.6 Å². The zero-order chi connectivity index (χ0) is 21.8. The molecule has 1 atom stereocenters. The topological polar surface area (TPSA) is 97.1 Å². The first kappa shape index (κ1) is 22.7. The minimum absolute atomic E-state index is 0.00783. The second-order valence-corrected chi connectivity index (χ2v) is 11.3. The zero-order valence-electron chi connectivity index (χ0n) is 17.9. The van der Waals surface area contributed by atoms with E-state index in [9.17, 15) is 8.42 Å². The number of sulfonamides is 1. The number of hydrogen-bond acceptors (Lipinski definition) is 6. The number of halogens is 1. The van der Waals surface area contributed by atoms with Gasteiger partial charge in [-0.1, -0.05) is 53.7 Å². The first-order valence-corrected chi connectivity index (χ1v) is 13.6. The Labute approximate surface area is 192 Å². The lowest BCUT2D eigenvalue weighted by Gasteiger charge is -2.28. The van der Waals surface area contributed by atoms with Gasteiger partial charge in [0.05, 0.1) is 12.2 Å². The summed E-state index contributed by atoms with van der Waals surface area (Å²) in [6.07, 6.45) is 10.6. The number of anilines is 1. The van der Waals surface area contributed by atoms with Crippen LogP contribution in [0.15, 0.2) is 32.1 Å². The number of nitrogens with one attached hydrogen (secondary N) is 2. The number of aromatic nitrogens is 2. The lowest BCUT2D eigenvalue weighted by Crippen LogP contribution is -2.30. The summed E-state index contributed by atoms with van der Waals surface area (Å²) in [5, 5.41) is 7.47. The molecule has 0 bridgehead atoms. The first-order chi connectivity index (χ1) is 15.0. The highest BCUT2D eigenvalue weighted by Crippen LogP contribution is 2.39. The lowest BCUT2D eigenvalue weighted by molar-refractivity contribution is 0.373. The van der Waals surface area contributed by atoms with E-state index in [-0.39, 0.29) is 17.5 Å². The van der Waals surface area contributed by atoms with Gasteiger partial charge in [-0.2, -0.15) is 4.98 Å². The van der Waals surface area contributed by atoms with Crippen molar-refractivity contribution >= 4 is 31.6 Å². The maximum Gasteiger partial charge on any atom is 0.243 e. The molecule has 0 aliphatic heterocycles. The molecule has 2 N–H and O–H groups in total. The molecule has 170 valence electrons. The summed E-state index contributed by atoms with van der Waals surface area (Å²) in [5.74, 6) is 1.88. The third kappa shape index (κ3) is 5.87. The van der Waals surface area contributed by atoms with E-state index in [0.717, 1.165) is 23.7 Å². The molecule has 31 heavy (non-hydrogen) atoms. The lowest BCUT2D eigenvalue weighted by atomic mass is 9.90. The molecule has 2 fully saturated rings. The summed E-state index contributed by atoms with van der Waals surface area (Å²) >= 11 is 3.49. The molecule has 4 rings (SSSR count). The molecule has 7 nitrogen and oxygen atoms in total. The normalized spacial score (nSPS) is 19.2. The van der Waals surface area contributed by atoms with E-state index in [1.807, 2.05) is 6.07 Å². The number of hydrogen-bond donors (Lipinski definition) is 2. The minimum Gasteiger partial charge on any atom is -0.381 e. The van der Waals surface area contributed by atoms with Crippen molar-refractivity contribution in [3.05, 3.63) is 34.4 Å². The van der Waals surface area contributed by atoms with E-state index in [1.165, 1.54) is 38.5 Å². The maximum absolute atomic E-state index is 13.1. The minimum atomic E-state index is -3.75. The van der Waals surface area contributed by atoms with Gasteiger partial charge in [0.25, 0.3) is 0 Å². The monoisotopic (exact) mass is 510 g/mol. The molecule has 0 spiro atoms. The fourth-order valence-electron chi connectivity index (χ4n) is 4.39. The molecular formula is C22H31BrN4O3S. The molecule has 1 heterocycles. The van der Waals surface area contributed by atoms with Crippen LogP contribution in [-0.2, 0) is 16.6 Å². The van der Waals surface area contributed by atoms with E-state index >= 15 is 0 Å². The van der Waals surface area contributed by atoms with Crippen molar-refractivity contribution in [2.45, 2.75) is 88.1 Å². The smallest absolute Gasteiger partial charge is 0.243 e. The molecule has 1 aromatic carbocycles. The maximum atomic E-state index is 13.1. The second kappa shape index (κ2) is 10.0. The summed E-state index contributed by atoms with van der Waals surface area (Å²) in [5.41, 5.74) is 0.629. The van der Waals surface area contributed by atoms with E-state index in [4.69, 9.17) is 4.52 Å². The van der Waals surface area contributed by atoms with E-state index in [1.54, 1.807) is 12.1 Å². The largest absolute Gasteiger partial charge is 0.381 e. The highest BCUT2D eigenvalue weighted by atomic mass is 79.9. The van der Waals surface area contributed by atoms with Crippen LogP contribution in [0, 0.1) is 5.92 Å². The van der Waals surface area contributed by atoms with Crippen molar-refractivity contribution < 1.29 is 12.9 Å². The molecule has 1 aromatic heterocycles. The summed E-state index contributed by atoms with van der Waals surface area (Å²) in [6.45, 7) is 2.18. The number of benzene rings is 1. The molecule has 0 radical (unpaired) electrons. The molecule has 2 aliphatic rings. The molecule has 2 saturated carbocycles. The van der Waals surface area contributed by atoms with E-state index < -0.39 is 10.0 Å². The first-order valence-electron chi connectivity index (χ1n) is 11.3.